The van der Waals surface area contributed by atoms with Crippen molar-refractivity contribution >= 4 is 33.6 Å². The highest BCUT2D eigenvalue weighted by Crippen LogP contribution is 2.25. The van der Waals surface area contributed by atoms with Crippen molar-refractivity contribution in [2.45, 2.75) is 6.92 Å². The lowest BCUT2D eigenvalue weighted by Crippen LogP contribution is -1.96. The van der Waals surface area contributed by atoms with Crippen LogP contribution in [0.4, 0.5) is 11.5 Å². The summed E-state index contributed by atoms with van der Waals surface area (Å²) in [4.78, 5) is 13.9. The number of rotatable bonds is 6. The van der Waals surface area contributed by atoms with Crippen molar-refractivity contribution in [1.29, 1.82) is 0 Å². The molecule has 7 nitrogen and oxygen atoms in total. The van der Waals surface area contributed by atoms with Crippen LogP contribution in [0.1, 0.15) is 12.5 Å². The number of nitro groups is 1. The molecule has 0 aliphatic heterocycles. The molecule has 1 heterocycles. The Balaban J connectivity index is 2.00. The van der Waals surface area contributed by atoms with Crippen LogP contribution in [0, 0.1) is 10.1 Å². The first-order valence-corrected chi connectivity index (χ1v) is 7.21. The average Bonchev–Trinajstić information content (AvgIpc) is 2.50. The second kappa shape index (κ2) is 7.51. The summed E-state index contributed by atoms with van der Waals surface area (Å²) in [6.07, 6.45) is 2.79. The molecule has 22 heavy (non-hydrogen) atoms. The van der Waals surface area contributed by atoms with E-state index in [4.69, 9.17) is 4.74 Å². The van der Waals surface area contributed by atoms with Crippen LogP contribution in [0.3, 0.4) is 0 Å². The van der Waals surface area contributed by atoms with Gasteiger partial charge in [-0.25, -0.2) is 4.98 Å². The topological polar surface area (TPSA) is 89.6 Å². The van der Waals surface area contributed by atoms with Crippen LogP contribution in [-0.2, 0) is 0 Å². The number of benzene rings is 1. The van der Waals surface area contributed by atoms with Crippen molar-refractivity contribution < 1.29 is 9.66 Å². The van der Waals surface area contributed by atoms with E-state index in [1.807, 2.05) is 25.1 Å². The van der Waals surface area contributed by atoms with Gasteiger partial charge in [-0.1, -0.05) is 0 Å². The Morgan fingerprint density at radius 3 is 2.86 bits per heavy atom. The molecule has 0 amide bonds. The largest absolute Gasteiger partial charge is 0.493 e. The van der Waals surface area contributed by atoms with E-state index in [0.29, 0.717) is 12.4 Å². The first-order chi connectivity index (χ1) is 10.6. The standard InChI is InChI=1S/C14H13BrN4O3/c1-2-22-13-5-3-10(7-12(13)15)8-17-18-14-6-4-11(9-16-14)19(20)21/h3-9H,2H2,1H3,(H,16,18)/b17-8+. The van der Waals surface area contributed by atoms with Crippen molar-refractivity contribution in [2.75, 3.05) is 12.0 Å². The van der Waals surface area contributed by atoms with Gasteiger partial charge in [-0.15, -0.1) is 0 Å². The third-order valence-corrected chi connectivity index (χ3v) is 3.23. The first kappa shape index (κ1) is 15.9. The van der Waals surface area contributed by atoms with E-state index in [1.165, 1.54) is 18.3 Å². The van der Waals surface area contributed by atoms with Crippen LogP contribution in [0.25, 0.3) is 0 Å². The van der Waals surface area contributed by atoms with Crippen molar-refractivity contribution in [3.05, 3.63) is 56.7 Å². The number of halogens is 1. The second-order valence-electron chi connectivity index (χ2n) is 4.15. The number of pyridine rings is 1. The van der Waals surface area contributed by atoms with Gasteiger partial charge in [0, 0.05) is 6.07 Å². The smallest absolute Gasteiger partial charge is 0.287 e. The lowest BCUT2D eigenvalue weighted by atomic mass is 10.2. The Morgan fingerprint density at radius 2 is 2.27 bits per heavy atom. The lowest BCUT2D eigenvalue weighted by molar-refractivity contribution is -0.385. The second-order valence-corrected chi connectivity index (χ2v) is 5.01. The summed E-state index contributed by atoms with van der Waals surface area (Å²) in [6, 6.07) is 8.44. The van der Waals surface area contributed by atoms with Gasteiger partial charge in [0.1, 0.15) is 17.8 Å². The molecule has 8 heteroatoms. The lowest BCUT2D eigenvalue weighted by Gasteiger charge is -2.05. The van der Waals surface area contributed by atoms with Gasteiger partial charge in [0.2, 0.25) is 0 Å². The molecule has 0 aliphatic carbocycles. The monoisotopic (exact) mass is 364 g/mol. The molecule has 2 rings (SSSR count). The molecule has 0 aliphatic rings. The Kier molecular flexibility index (Phi) is 5.42. The van der Waals surface area contributed by atoms with E-state index >= 15 is 0 Å². The normalized spacial score (nSPS) is 10.6. The average molecular weight is 365 g/mol. The van der Waals surface area contributed by atoms with Gasteiger partial charge in [-0.05, 0) is 52.7 Å². The third-order valence-electron chi connectivity index (χ3n) is 2.61. The number of nitrogens with zero attached hydrogens (tertiary/aromatic N) is 3. The minimum absolute atomic E-state index is 0.0648. The number of ether oxygens (including phenoxy) is 1. The number of nitrogens with one attached hydrogen (secondary N) is 1. The van der Waals surface area contributed by atoms with E-state index in [1.54, 1.807) is 6.21 Å². The molecular weight excluding hydrogens is 352 g/mol. The van der Waals surface area contributed by atoms with Crippen LogP contribution in [0.2, 0.25) is 0 Å². The Bertz CT molecular complexity index is 689. The van der Waals surface area contributed by atoms with Crippen molar-refractivity contribution in [3.8, 4) is 5.75 Å². The molecule has 114 valence electrons. The summed E-state index contributed by atoms with van der Waals surface area (Å²) in [6.45, 7) is 2.52. The number of anilines is 1. The molecule has 2 aromatic rings. The SMILES string of the molecule is CCOc1ccc(/C=N/Nc2ccc([N+](=O)[O-])cn2)cc1Br. The minimum atomic E-state index is -0.502. The predicted octanol–water partition coefficient (Wildman–Crippen LogP) is 3.60. The third kappa shape index (κ3) is 4.26. The molecule has 0 fully saturated rings. The van der Waals surface area contributed by atoms with E-state index in [2.05, 4.69) is 31.4 Å². The van der Waals surface area contributed by atoms with E-state index < -0.39 is 4.92 Å². The maximum absolute atomic E-state index is 10.5. The molecule has 0 saturated heterocycles. The van der Waals surface area contributed by atoms with Crippen molar-refractivity contribution in [2.24, 2.45) is 5.10 Å². The van der Waals surface area contributed by atoms with Gasteiger partial charge >= 0.3 is 0 Å². The highest BCUT2D eigenvalue weighted by Gasteiger charge is 2.04. The van der Waals surface area contributed by atoms with Crippen LogP contribution in [0.5, 0.6) is 5.75 Å². The predicted molar refractivity (Wildman–Crippen MR) is 87.4 cm³/mol. The number of aromatic nitrogens is 1. The van der Waals surface area contributed by atoms with Gasteiger partial charge < -0.3 is 4.74 Å². The van der Waals surface area contributed by atoms with Gasteiger partial charge in [-0.2, -0.15) is 5.10 Å². The summed E-state index contributed by atoms with van der Waals surface area (Å²) in [7, 11) is 0. The number of hydrogen-bond acceptors (Lipinski definition) is 6. The molecule has 1 N–H and O–H groups in total. The van der Waals surface area contributed by atoms with Crippen molar-refractivity contribution in [3.63, 3.8) is 0 Å². The number of hydrazone groups is 1. The Morgan fingerprint density at radius 1 is 1.45 bits per heavy atom. The first-order valence-electron chi connectivity index (χ1n) is 6.42. The zero-order valence-corrected chi connectivity index (χ0v) is 13.3. The molecular formula is C14H13BrN4O3. The zero-order chi connectivity index (χ0) is 15.9. The van der Waals surface area contributed by atoms with Crippen LogP contribution >= 0.6 is 15.9 Å². The number of hydrogen-bond donors (Lipinski definition) is 1. The van der Waals surface area contributed by atoms with Crippen LogP contribution in [-0.4, -0.2) is 22.7 Å². The van der Waals surface area contributed by atoms with E-state index in [-0.39, 0.29) is 5.69 Å². The molecule has 0 unspecified atom stereocenters. The van der Waals surface area contributed by atoms with Gasteiger partial charge in [0.05, 0.1) is 22.2 Å². The highest BCUT2D eigenvalue weighted by molar-refractivity contribution is 9.10. The minimum Gasteiger partial charge on any atom is -0.493 e. The fourth-order valence-corrected chi connectivity index (χ4v) is 2.11. The molecule has 0 saturated carbocycles. The molecule has 1 aromatic heterocycles. The molecule has 0 spiro atoms. The van der Waals surface area contributed by atoms with E-state index in [0.717, 1.165) is 15.8 Å². The maximum Gasteiger partial charge on any atom is 0.287 e. The molecule has 1 aromatic carbocycles. The summed E-state index contributed by atoms with van der Waals surface area (Å²) in [5.74, 6) is 1.19. The summed E-state index contributed by atoms with van der Waals surface area (Å²) >= 11 is 3.42. The molecule has 0 radical (unpaired) electrons. The molecule has 0 bridgehead atoms. The summed E-state index contributed by atoms with van der Waals surface area (Å²) < 4.78 is 6.26. The maximum atomic E-state index is 10.5. The fraction of sp³-hybridized carbons (Fsp3) is 0.143. The zero-order valence-electron chi connectivity index (χ0n) is 11.7. The van der Waals surface area contributed by atoms with Crippen LogP contribution < -0.4 is 10.2 Å². The summed E-state index contributed by atoms with van der Waals surface area (Å²) in [5, 5.41) is 14.6. The van der Waals surface area contributed by atoms with Gasteiger partial charge in [-0.3, -0.25) is 15.5 Å². The highest BCUT2D eigenvalue weighted by atomic mass is 79.9. The quantitative estimate of drug-likeness (QED) is 0.480. The molecule has 0 atom stereocenters. The Labute approximate surface area is 135 Å². The fourth-order valence-electron chi connectivity index (χ4n) is 1.60. The van der Waals surface area contributed by atoms with Gasteiger partial charge in [0.25, 0.3) is 5.69 Å². The van der Waals surface area contributed by atoms with Gasteiger partial charge in [0.15, 0.2) is 0 Å². The Hall–Kier alpha value is -2.48. The van der Waals surface area contributed by atoms with Crippen LogP contribution in [0.15, 0.2) is 46.1 Å². The van der Waals surface area contributed by atoms with E-state index in [9.17, 15) is 10.1 Å². The summed E-state index contributed by atoms with van der Waals surface area (Å²) in [5.41, 5.74) is 3.51. The van der Waals surface area contributed by atoms with Crippen molar-refractivity contribution in [1.82, 2.24) is 4.98 Å².